The first-order valence-electron chi connectivity index (χ1n) is 24.3. The largest absolute Gasteiger partial charge is 0.481 e. The highest BCUT2D eigenvalue weighted by Gasteiger charge is 2.65. The van der Waals surface area contributed by atoms with Crippen molar-refractivity contribution >= 4 is 50.2 Å². The minimum atomic E-state index is -1.24. The standard InChI is InChI=1S/C52H64N4O9S2/c1-5-28(2)48(61)65-50(3)16-13-29-27-66-67-41-21-35-38(59)12-11-37-44(46(35)54-4)47(41)56(37)43(60)20-32-25-55-42(53)22-34(32)45(29)52(50)24-31-18-30-19-36(49(62)63-39(30)23-40(31)64-52)51(14-7-6-8-15-51)33(26-58)10-9-17-57/h5,11-13,18-19,22-23,33,35,37,41,44-47,54-55,57-58H,6-10,14-17,20-21,24-27,53H2,1-4H3. The third-order valence-corrected chi connectivity index (χ3v) is 19.9. The van der Waals surface area contributed by atoms with Crippen molar-refractivity contribution in [1.82, 2.24) is 15.5 Å². The molecule has 1 amide bonds. The van der Waals surface area contributed by atoms with Gasteiger partial charge in [-0.05, 0) is 107 Å². The van der Waals surface area contributed by atoms with E-state index >= 15 is 0 Å². The number of aliphatic hydroxyl groups is 2. The summed E-state index contributed by atoms with van der Waals surface area (Å²) in [6.45, 7) is 5.75. The number of allylic oxidation sites excluding steroid dienone is 3. The average molecular weight is 953 g/mol. The Hall–Kier alpha value is -4.28. The smallest absolute Gasteiger partial charge is 0.340 e. The molecular formula is C52H64N4O9S2. The number of nitrogens with one attached hydrogen (secondary N) is 2. The van der Waals surface area contributed by atoms with Crippen molar-refractivity contribution in [2.45, 2.75) is 131 Å². The fourth-order valence-corrected chi connectivity index (χ4v) is 16.7. The topological polar surface area (TPSA) is 194 Å². The maximum Gasteiger partial charge on any atom is 0.340 e. The molecule has 67 heavy (non-hydrogen) atoms. The zero-order chi connectivity index (χ0) is 47.0. The molecule has 10 unspecified atom stereocenters. The second kappa shape index (κ2) is 17.9. The van der Waals surface area contributed by atoms with E-state index in [0.717, 1.165) is 59.8 Å². The summed E-state index contributed by atoms with van der Waals surface area (Å²) in [6.07, 6.45) is 16.5. The second-order valence-corrected chi connectivity index (χ2v) is 23.1. The van der Waals surface area contributed by atoms with Crippen LogP contribution in [0.3, 0.4) is 0 Å². The third-order valence-electron chi connectivity index (χ3n) is 17.1. The van der Waals surface area contributed by atoms with Crippen LogP contribution in [-0.4, -0.2) is 99.9 Å². The van der Waals surface area contributed by atoms with E-state index in [-0.39, 0.29) is 72.5 Å². The summed E-state index contributed by atoms with van der Waals surface area (Å²) < 4.78 is 20.4. The zero-order valence-electron chi connectivity index (χ0n) is 38.9. The number of carbonyl (C=O) groups excluding carboxylic acids is 3. The summed E-state index contributed by atoms with van der Waals surface area (Å²) in [4.78, 5) is 58.9. The van der Waals surface area contributed by atoms with E-state index in [1.165, 1.54) is 0 Å². The van der Waals surface area contributed by atoms with Crippen molar-refractivity contribution in [3.05, 3.63) is 98.2 Å². The molecule has 0 radical (unpaired) electrons. The van der Waals surface area contributed by atoms with Crippen LogP contribution >= 0.6 is 21.6 Å². The van der Waals surface area contributed by atoms with Crippen LogP contribution in [0.4, 0.5) is 0 Å². The summed E-state index contributed by atoms with van der Waals surface area (Å²) >= 11 is 0. The number of hydrogen-bond donors (Lipinski definition) is 5. The summed E-state index contributed by atoms with van der Waals surface area (Å²) in [7, 11) is 5.43. The SMILES string of the molecule is CC=C(C)C(=O)OC1(C)CC=C2CSSC3CC4C(=O)C=CC5C(C4NC)C3N5C(=O)CC3=C(C=C(N)NC3)C2C12Cc1cc3cc(C4(C(CO)CCCO)CCCCC4)c(=O)oc3cc1O2. The molecule has 1 spiro atoms. The molecule has 13 nitrogen and oxygen atoms in total. The number of benzene rings is 1. The molecule has 5 heterocycles. The number of rotatable bonds is 9. The van der Waals surface area contributed by atoms with Gasteiger partial charge in [0, 0.05) is 89.5 Å². The highest BCUT2D eigenvalue weighted by molar-refractivity contribution is 8.77. The lowest BCUT2D eigenvalue weighted by atomic mass is 9.61. The van der Waals surface area contributed by atoms with E-state index in [0.29, 0.717) is 72.7 Å². The molecule has 1 aromatic carbocycles. The van der Waals surface area contributed by atoms with Gasteiger partial charge in [-0.2, -0.15) is 0 Å². The molecule has 358 valence electrons. The molecule has 10 atom stereocenters. The number of hydrogen-bond acceptors (Lipinski definition) is 14. The van der Waals surface area contributed by atoms with Crippen molar-refractivity contribution in [1.29, 1.82) is 0 Å². The molecule has 1 saturated heterocycles. The van der Waals surface area contributed by atoms with Crippen molar-refractivity contribution in [2.75, 3.05) is 32.6 Å². The van der Waals surface area contributed by atoms with Gasteiger partial charge < -0.3 is 45.4 Å². The van der Waals surface area contributed by atoms with Crippen LogP contribution in [0, 0.1) is 23.7 Å². The number of ketones is 1. The predicted octanol–water partition coefficient (Wildman–Crippen LogP) is 6.06. The molecular weight excluding hydrogens is 889 g/mol. The fraction of sp³-hybridized carbons (Fsp3) is 0.577. The Balaban J connectivity index is 1.11. The summed E-state index contributed by atoms with van der Waals surface area (Å²) in [5.74, 6) is 0.467. The molecule has 2 saturated carbocycles. The first-order valence-corrected chi connectivity index (χ1v) is 26.7. The Bertz CT molecular complexity index is 2590. The number of ether oxygens (including phenoxy) is 2. The molecule has 15 heteroatoms. The van der Waals surface area contributed by atoms with Crippen LogP contribution in [-0.2, 0) is 31.0 Å². The van der Waals surface area contributed by atoms with Crippen molar-refractivity contribution in [3.8, 4) is 5.75 Å². The molecule has 1 aromatic heterocycles. The molecule has 10 rings (SSSR count). The molecule has 3 fully saturated rings. The lowest BCUT2D eigenvalue weighted by molar-refractivity contribution is -0.186. The Morgan fingerprint density at radius 2 is 1.97 bits per heavy atom. The maximum absolute atomic E-state index is 15.0. The van der Waals surface area contributed by atoms with Crippen LogP contribution in [0.25, 0.3) is 11.0 Å². The number of aliphatic hydroxyl groups excluding tert-OH is 2. The predicted molar refractivity (Wildman–Crippen MR) is 260 cm³/mol. The van der Waals surface area contributed by atoms with E-state index in [1.54, 1.807) is 46.7 Å². The molecule has 4 aliphatic carbocycles. The summed E-state index contributed by atoms with van der Waals surface area (Å²) in [6, 6.07) is 5.57. The van der Waals surface area contributed by atoms with Gasteiger partial charge >= 0.3 is 11.6 Å². The Labute approximate surface area is 399 Å². The molecule has 6 N–H and O–H groups in total. The van der Waals surface area contributed by atoms with Gasteiger partial charge in [-0.25, -0.2) is 9.59 Å². The van der Waals surface area contributed by atoms with Gasteiger partial charge in [-0.3, -0.25) is 9.59 Å². The third kappa shape index (κ3) is 7.46. The summed E-state index contributed by atoms with van der Waals surface area (Å²) in [5, 5.41) is 28.1. The second-order valence-electron chi connectivity index (χ2n) is 20.4. The van der Waals surface area contributed by atoms with Crippen molar-refractivity contribution in [3.63, 3.8) is 0 Å². The van der Waals surface area contributed by atoms with Gasteiger partial charge in [-0.15, -0.1) is 0 Å². The van der Waals surface area contributed by atoms with E-state index in [1.807, 2.05) is 50.1 Å². The highest BCUT2D eigenvalue weighted by atomic mass is 33.1. The highest BCUT2D eigenvalue weighted by Crippen LogP contribution is 2.59. The summed E-state index contributed by atoms with van der Waals surface area (Å²) in [5.41, 5.74) is 8.26. The number of dihydropyridines is 1. The minimum Gasteiger partial charge on any atom is -0.481 e. The monoisotopic (exact) mass is 952 g/mol. The van der Waals surface area contributed by atoms with Gasteiger partial charge in [0.05, 0.1) is 30.2 Å². The van der Waals surface area contributed by atoms with E-state index in [2.05, 4.69) is 16.7 Å². The zero-order valence-corrected chi connectivity index (χ0v) is 40.6. The maximum atomic E-state index is 15.0. The lowest BCUT2D eigenvalue weighted by Crippen LogP contribution is -2.75. The molecule has 8 aliphatic rings. The van der Waals surface area contributed by atoms with E-state index < -0.39 is 34.1 Å². The molecule has 2 bridgehead atoms. The van der Waals surface area contributed by atoms with Gasteiger partial charge in [0.2, 0.25) is 5.91 Å². The van der Waals surface area contributed by atoms with Gasteiger partial charge in [-0.1, -0.05) is 64.7 Å². The van der Waals surface area contributed by atoms with Gasteiger partial charge in [0.1, 0.15) is 11.3 Å². The Morgan fingerprint density at radius 1 is 1.16 bits per heavy atom. The number of nitrogens with zero attached hydrogens (tertiary/aromatic N) is 1. The van der Waals surface area contributed by atoms with E-state index in [9.17, 15) is 29.4 Å². The average Bonchev–Trinajstić information content (AvgIpc) is 3.68. The van der Waals surface area contributed by atoms with Crippen molar-refractivity contribution < 1.29 is 38.5 Å². The first kappa shape index (κ1) is 46.4. The number of nitrogens with two attached hydrogens (primary N) is 1. The number of amides is 1. The molecule has 4 aliphatic heterocycles. The van der Waals surface area contributed by atoms with Gasteiger partial charge in [0.15, 0.2) is 17.0 Å². The molecule has 2 aromatic rings. The van der Waals surface area contributed by atoms with Crippen LogP contribution in [0.15, 0.2) is 85.9 Å². The van der Waals surface area contributed by atoms with Gasteiger partial charge in [0.25, 0.3) is 0 Å². The number of carbonyl (C=O) groups is 3. The first-order chi connectivity index (χ1) is 32.3. The normalized spacial score (nSPS) is 33.7. The number of fused-ring (bicyclic) bond motifs is 7. The van der Waals surface area contributed by atoms with Crippen LogP contribution in [0.5, 0.6) is 5.75 Å². The van der Waals surface area contributed by atoms with E-state index in [4.69, 9.17) is 19.6 Å². The van der Waals surface area contributed by atoms with Crippen LogP contribution < -0.4 is 26.7 Å². The van der Waals surface area contributed by atoms with Crippen molar-refractivity contribution in [2.24, 2.45) is 29.4 Å². The lowest BCUT2D eigenvalue weighted by Gasteiger charge is -2.62. The quantitative estimate of drug-likeness (QED) is 0.0641. The minimum absolute atomic E-state index is 0.00516. The Kier molecular flexibility index (Phi) is 12.4. The fourth-order valence-electron chi connectivity index (χ4n) is 13.6. The van der Waals surface area contributed by atoms with Crippen LogP contribution in [0.1, 0.15) is 96.1 Å². The number of esters is 1. The van der Waals surface area contributed by atoms with Crippen LogP contribution in [0.2, 0.25) is 0 Å². The Morgan fingerprint density at radius 3 is 2.72 bits per heavy atom.